The largest absolute Gasteiger partial charge is 0.445 e. The highest BCUT2D eigenvalue weighted by Gasteiger charge is 2.13. The summed E-state index contributed by atoms with van der Waals surface area (Å²) in [5.74, 6) is 0.248. The molecule has 0 aliphatic rings. The van der Waals surface area contributed by atoms with Crippen molar-refractivity contribution in [3.63, 3.8) is 0 Å². The van der Waals surface area contributed by atoms with Crippen molar-refractivity contribution < 1.29 is 14.3 Å². The number of carbonyl (C=O) groups is 2. The second-order valence-electron chi connectivity index (χ2n) is 6.24. The van der Waals surface area contributed by atoms with Crippen LogP contribution in [0.5, 0.6) is 0 Å². The Kier molecular flexibility index (Phi) is 6.49. The number of alkyl carbamates (subject to hydrolysis) is 1. The molecule has 146 valence electrons. The van der Waals surface area contributed by atoms with Gasteiger partial charge in [0.15, 0.2) is 0 Å². The number of aryl methyl sites for hydroxylation is 1. The number of imidazole rings is 1. The number of hydrogen-bond donors (Lipinski definition) is 2. The number of nitrogens with one attached hydrogen (secondary N) is 2. The molecule has 0 aliphatic carbocycles. The molecule has 0 bridgehead atoms. The number of carbonyl (C=O) groups excluding carboxylic acids is 2. The maximum absolute atomic E-state index is 12.1. The number of benzene rings is 2. The lowest BCUT2D eigenvalue weighted by atomic mass is 10.2. The van der Waals surface area contributed by atoms with Crippen molar-refractivity contribution >= 4 is 40.6 Å². The van der Waals surface area contributed by atoms with Crippen LogP contribution in [0.3, 0.4) is 0 Å². The minimum absolute atomic E-state index is 0.186. The van der Waals surface area contributed by atoms with Crippen molar-refractivity contribution in [1.29, 1.82) is 0 Å². The first-order chi connectivity index (χ1) is 13.5. The van der Waals surface area contributed by atoms with Crippen LogP contribution >= 0.6 is 11.6 Å². The van der Waals surface area contributed by atoms with Crippen molar-refractivity contribution in [1.82, 2.24) is 14.9 Å². The average molecular weight is 401 g/mol. The molecule has 0 saturated heterocycles. The van der Waals surface area contributed by atoms with E-state index in [2.05, 4.69) is 15.6 Å². The Morgan fingerprint density at radius 2 is 1.93 bits per heavy atom. The van der Waals surface area contributed by atoms with Crippen LogP contribution in [0, 0.1) is 0 Å². The molecule has 1 aromatic heterocycles. The molecule has 0 atom stereocenters. The lowest BCUT2D eigenvalue weighted by molar-refractivity contribution is -0.116. The van der Waals surface area contributed by atoms with Crippen LogP contribution in [0.2, 0.25) is 5.02 Å². The fourth-order valence-electron chi connectivity index (χ4n) is 2.73. The first kappa shape index (κ1) is 19.7. The Morgan fingerprint density at radius 3 is 2.68 bits per heavy atom. The average Bonchev–Trinajstić information content (AvgIpc) is 3.01. The number of nitrogens with zero attached hydrogens (tertiary/aromatic N) is 2. The Hall–Kier alpha value is -3.06. The number of fused-ring (bicyclic) bond motifs is 1. The molecule has 0 fully saturated rings. The summed E-state index contributed by atoms with van der Waals surface area (Å²) >= 11 is 6.18. The van der Waals surface area contributed by atoms with E-state index in [1.165, 1.54) is 0 Å². The van der Waals surface area contributed by atoms with Crippen LogP contribution in [0.15, 0.2) is 48.5 Å². The van der Waals surface area contributed by atoms with Crippen LogP contribution < -0.4 is 10.6 Å². The van der Waals surface area contributed by atoms with Crippen LogP contribution in [0.1, 0.15) is 18.4 Å². The summed E-state index contributed by atoms with van der Waals surface area (Å²) in [5.41, 5.74) is 2.40. The first-order valence-corrected chi connectivity index (χ1v) is 9.27. The van der Waals surface area contributed by atoms with Crippen molar-refractivity contribution in [3.05, 3.63) is 59.1 Å². The number of ether oxygens (including phenoxy) is 1. The number of rotatable bonds is 7. The number of para-hydroxylation sites is 1. The van der Waals surface area contributed by atoms with E-state index in [0.717, 1.165) is 11.1 Å². The number of hydrogen-bond acceptors (Lipinski definition) is 4. The number of amides is 2. The van der Waals surface area contributed by atoms with E-state index in [4.69, 9.17) is 16.3 Å². The predicted octanol–water partition coefficient (Wildman–Crippen LogP) is 3.87. The van der Waals surface area contributed by atoms with E-state index in [1.54, 1.807) is 17.7 Å². The highest BCUT2D eigenvalue weighted by atomic mass is 35.5. The molecule has 0 aliphatic heterocycles. The molecule has 0 saturated carbocycles. The molecule has 2 N–H and O–H groups in total. The monoisotopic (exact) mass is 400 g/mol. The first-order valence-electron chi connectivity index (χ1n) is 8.90. The lowest BCUT2D eigenvalue weighted by Gasteiger charge is -2.08. The minimum atomic E-state index is -0.505. The van der Waals surface area contributed by atoms with Crippen LogP contribution in [-0.2, 0) is 23.2 Å². The SMILES string of the molecule is Cn1c(NC(=O)CCCNC(=O)OCc2ccccc2)nc2cccc(Cl)c21. The zero-order valence-corrected chi connectivity index (χ0v) is 16.2. The minimum Gasteiger partial charge on any atom is -0.445 e. The molecule has 3 rings (SSSR count). The molecule has 8 heteroatoms. The van der Waals surface area contributed by atoms with Gasteiger partial charge in [-0.1, -0.05) is 48.0 Å². The zero-order chi connectivity index (χ0) is 19.9. The Morgan fingerprint density at radius 1 is 1.14 bits per heavy atom. The smallest absolute Gasteiger partial charge is 0.407 e. The molecular formula is C20H21ClN4O3. The van der Waals surface area contributed by atoms with Gasteiger partial charge in [0.1, 0.15) is 6.61 Å². The van der Waals surface area contributed by atoms with Crippen molar-refractivity contribution in [2.45, 2.75) is 19.4 Å². The molecular weight excluding hydrogens is 380 g/mol. The van der Waals surface area contributed by atoms with Gasteiger partial charge in [0.05, 0.1) is 16.1 Å². The Balaban J connectivity index is 1.40. The van der Waals surface area contributed by atoms with E-state index < -0.39 is 6.09 Å². The third-order valence-corrected chi connectivity index (χ3v) is 4.46. The zero-order valence-electron chi connectivity index (χ0n) is 15.4. The van der Waals surface area contributed by atoms with E-state index in [1.807, 2.05) is 42.5 Å². The summed E-state index contributed by atoms with van der Waals surface area (Å²) in [6.45, 7) is 0.553. The van der Waals surface area contributed by atoms with Gasteiger partial charge in [-0.15, -0.1) is 0 Å². The maximum atomic E-state index is 12.1. The molecule has 1 heterocycles. The molecule has 28 heavy (non-hydrogen) atoms. The summed E-state index contributed by atoms with van der Waals surface area (Å²) < 4.78 is 6.86. The Labute approximate surface area is 167 Å². The fraction of sp³-hybridized carbons (Fsp3) is 0.250. The second-order valence-corrected chi connectivity index (χ2v) is 6.65. The highest BCUT2D eigenvalue weighted by Crippen LogP contribution is 2.25. The number of aromatic nitrogens is 2. The Bertz CT molecular complexity index is 972. The lowest BCUT2D eigenvalue weighted by Crippen LogP contribution is -2.26. The van der Waals surface area contributed by atoms with E-state index in [0.29, 0.717) is 29.5 Å². The van der Waals surface area contributed by atoms with Crippen molar-refractivity contribution in [2.75, 3.05) is 11.9 Å². The van der Waals surface area contributed by atoms with Crippen LogP contribution in [-0.4, -0.2) is 28.1 Å². The third kappa shape index (κ3) is 5.01. The fourth-order valence-corrected chi connectivity index (χ4v) is 3.03. The summed E-state index contributed by atoms with van der Waals surface area (Å²) in [5, 5.41) is 5.98. The maximum Gasteiger partial charge on any atom is 0.407 e. The van der Waals surface area contributed by atoms with Gasteiger partial charge in [0, 0.05) is 20.0 Å². The van der Waals surface area contributed by atoms with E-state index >= 15 is 0 Å². The standard InChI is InChI=1S/C20H21ClN4O3/c1-25-18-15(21)9-5-10-16(18)23-19(25)24-17(26)11-6-12-22-20(27)28-13-14-7-3-2-4-8-14/h2-5,7-10H,6,11-13H2,1H3,(H,22,27)(H,23,24,26). The summed E-state index contributed by atoms with van der Waals surface area (Å²) in [7, 11) is 1.79. The van der Waals surface area contributed by atoms with Gasteiger partial charge in [0.2, 0.25) is 11.9 Å². The molecule has 0 spiro atoms. The quantitative estimate of drug-likeness (QED) is 0.589. The summed E-state index contributed by atoms with van der Waals surface area (Å²) in [4.78, 5) is 28.2. The highest BCUT2D eigenvalue weighted by molar-refractivity contribution is 6.35. The van der Waals surface area contributed by atoms with Gasteiger partial charge < -0.3 is 14.6 Å². The second kappa shape index (κ2) is 9.23. The van der Waals surface area contributed by atoms with Gasteiger partial charge in [-0.05, 0) is 24.1 Å². The topological polar surface area (TPSA) is 85.2 Å². The van der Waals surface area contributed by atoms with Crippen LogP contribution in [0.4, 0.5) is 10.7 Å². The molecule has 2 amide bonds. The molecule has 0 radical (unpaired) electrons. The van der Waals surface area contributed by atoms with Gasteiger partial charge in [-0.2, -0.15) is 0 Å². The normalized spacial score (nSPS) is 10.6. The van der Waals surface area contributed by atoms with Crippen molar-refractivity contribution in [3.8, 4) is 0 Å². The summed E-state index contributed by atoms with van der Waals surface area (Å²) in [6, 6.07) is 14.9. The van der Waals surface area contributed by atoms with Gasteiger partial charge in [-0.25, -0.2) is 9.78 Å². The molecule has 7 nitrogen and oxygen atoms in total. The summed E-state index contributed by atoms with van der Waals surface area (Å²) in [6.07, 6.45) is 0.224. The van der Waals surface area contributed by atoms with Gasteiger partial charge in [-0.3, -0.25) is 10.1 Å². The van der Waals surface area contributed by atoms with Gasteiger partial charge >= 0.3 is 6.09 Å². The van der Waals surface area contributed by atoms with Gasteiger partial charge in [0.25, 0.3) is 0 Å². The van der Waals surface area contributed by atoms with E-state index in [9.17, 15) is 9.59 Å². The van der Waals surface area contributed by atoms with E-state index in [-0.39, 0.29) is 18.9 Å². The number of halogens is 1. The van der Waals surface area contributed by atoms with Crippen LogP contribution in [0.25, 0.3) is 11.0 Å². The molecule has 0 unspecified atom stereocenters. The number of anilines is 1. The van der Waals surface area contributed by atoms with Crippen molar-refractivity contribution in [2.24, 2.45) is 7.05 Å². The molecule has 3 aromatic rings. The third-order valence-electron chi connectivity index (χ3n) is 4.16. The predicted molar refractivity (Wildman–Crippen MR) is 108 cm³/mol. The molecule has 2 aromatic carbocycles.